The van der Waals surface area contributed by atoms with Crippen molar-refractivity contribution in [3.63, 3.8) is 0 Å². The van der Waals surface area contributed by atoms with E-state index in [4.69, 9.17) is 14.7 Å². The van der Waals surface area contributed by atoms with Crippen molar-refractivity contribution in [2.24, 2.45) is 0 Å². The first-order valence-electron chi connectivity index (χ1n) is 5.92. The molecule has 1 aromatic rings. The number of anilines is 1. The summed E-state index contributed by atoms with van der Waals surface area (Å²) < 4.78 is 10.4. The second-order valence-corrected chi connectivity index (χ2v) is 4.63. The molecule has 0 aliphatic heterocycles. The molecule has 0 unspecified atom stereocenters. The summed E-state index contributed by atoms with van der Waals surface area (Å²) in [5, 5.41) is 11.3. The number of para-hydroxylation sites is 2. The average Bonchev–Trinajstić information content (AvgIpc) is 2.37. The first kappa shape index (κ1) is 15.0. The molecule has 0 radical (unpaired) electrons. The largest absolute Gasteiger partial charge is 0.477 e. The van der Waals surface area contributed by atoms with Gasteiger partial charge in [0, 0.05) is 7.11 Å². The lowest BCUT2D eigenvalue weighted by atomic mass is 10.0. The number of hydrogen-bond acceptors (Lipinski definition) is 4. The van der Waals surface area contributed by atoms with E-state index in [2.05, 4.69) is 5.32 Å². The Morgan fingerprint density at radius 3 is 2.74 bits per heavy atom. The van der Waals surface area contributed by atoms with Gasteiger partial charge in [-0.3, -0.25) is 4.79 Å². The van der Waals surface area contributed by atoms with Crippen LogP contribution < -0.4 is 10.1 Å². The Morgan fingerprint density at radius 1 is 1.42 bits per heavy atom. The Morgan fingerprint density at radius 2 is 2.11 bits per heavy atom. The lowest BCUT2D eigenvalue weighted by Gasteiger charge is -2.22. The van der Waals surface area contributed by atoms with Crippen molar-refractivity contribution >= 4 is 11.6 Å². The van der Waals surface area contributed by atoms with E-state index in [1.165, 1.54) is 0 Å². The number of rotatable bonds is 6. The zero-order chi connectivity index (χ0) is 14.3. The van der Waals surface area contributed by atoms with Crippen LogP contribution in [0, 0.1) is 11.3 Å². The summed E-state index contributed by atoms with van der Waals surface area (Å²) in [5.41, 5.74) is 0.0293. The molecule has 0 aromatic heterocycles. The Balaban J connectivity index is 2.71. The number of nitrogens with one attached hydrogen (secondary N) is 1. The number of methoxy groups -OCH3 is 1. The van der Waals surface area contributed by atoms with E-state index in [0.717, 1.165) is 0 Å². The molecule has 0 spiro atoms. The van der Waals surface area contributed by atoms with Gasteiger partial charge in [0.2, 0.25) is 5.91 Å². The highest BCUT2D eigenvalue weighted by Crippen LogP contribution is 2.24. The number of nitrogens with zero attached hydrogens (tertiary/aromatic N) is 1. The monoisotopic (exact) mass is 262 g/mol. The minimum absolute atomic E-state index is 0.0591. The summed E-state index contributed by atoms with van der Waals surface area (Å²) >= 11 is 0. The van der Waals surface area contributed by atoms with Crippen LogP contribution >= 0.6 is 0 Å². The predicted molar refractivity (Wildman–Crippen MR) is 71.9 cm³/mol. The van der Waals surface area contributed by atoms with Gasteiger partial charge in [0.05, 0.1) is 17.7 Å². The number of benzene rings is 1. The molecule has 102 valence electrons. The van der Waals surface area contributed by atoms with Gasteiger partial charge in [-0.2, -0.15) is 5.26 Å². The van der Waals surface area contributed by atoms with Gasteiger partial charge in [-0.1, -0.05) is 12.1 Å². The van der Waals surface area contributed by atoms with Crippen molar-refractivity contribution < 1.29 is 14.3 Å². The highest BCUT2D eigenvalue weighted by atomic mass is 16.5. The van der Waals surface area contributed by atoms with E-state index in [1.54, 1.807) is 31.4 Å². The highest BCUT2D eigenvalue weighted by molar-refractivity contribution is 5.92. The minimum Gasteiger partial charge on any atom is -0.477 e. The highest BCUT2D eigenvalue weighted by Gasteiger charge is 2.21. The van der Waals surface area contributed by atoms with Crippen LogP contribution in [0.15, 0.2) is 24.3 Å². The van der Waals surface area contributed by atoms with Gasteiger partial charge in [-0.05, 0) is 26.0 Å². The Hall–Kier alpha value is -2.06. The van der Waals surface area contributed by atoms with Crippen LogP contribution in [-0.2, 0) is 9.53 Å². The number of amides is 1. The van der Waals surface area contributed by atoms with Gasteiger partial charge >= 0.3 is 0 Å². The molecule has 0 saturated carbocycles. The van der Waals surface area contributed by atoms with Gasteiger partial charge in [-0.15, -0.1) is 0 Å². The molecule has 5 heteroatoms. The molecule has 0 fully saturated rings. The van der Waals surface area contributed by atoms with Gasteiger partial charge < -0.3 is 14.8 Å². The van der Waals surface area contributed by atoms with Crippen LogP contribution in [0.4, 0.5) is 5.69 Å². The van der Waals surface area contributed by atoms with Crippen LogP contribution in [0.3, 0.4) is 0 Å². The molecule has 1 rings (SSSR count). The van der Waals surface area contributed by atoms with Crippen LogP contribution in [0.1, 0.15) is 20.3 Å². The van der Waals surface area contributed by atoms with Gasteiger partial charge in [0.25, 0.3) is 0 Å². The van der Waals surface area contributed by atoms with E-state index in [9.17, 15) is 4.79 Å². The zero-order valence-corrected chi connectivity index (χ0v) is 11.4. The molecule has 1 N–H and O–H groups in total. The molecule has 0 atom stereocenters. The topological polar surface area (TPSA) is 71.3 Å². The molecule has 19 heavy (non-hydrogen) atoms. The number of hydrogen-bond donors (Lipinski definition) is 1. The number of carbonyl (C=O) groups is 1. The normalized spacial score (nSPS) is 10.6. The smallest absolute Gasteiger partial charge is 0.227 e. The second kappa shape index (κ2) is 6.76. The fraction of sp³-hybridized carbons (Fsp3) is 0.429. The SMILES string of the molecule is COC(C)(C)CC(=O)Nc1ccccc1OCC#N. The van der Waals surface area contributed by atoms with E-state index in [0.29, 0.717) is 11.4 Å². The van der Waals surface area contributed by atoms with Crippen molar-refractivity contribution in [3.05, 3.63) is 24.3 Å². The van der Waals surface area contributed by atoms with Crippen molar-refractivity contribution in [1.29, 1.82) is 5.26 Å². The average molecular weight is 262 g/mol. The van der Waals surface area contributed by atoms with Crippen molar-refractivity contribution in [1.82, 2.24) is 0 Å². The van der Waals surface area contributed by atoms with Crippen LogP contribution in [0.5, 0.6) is 5.75 Å². The molecule has 5 nitrogen and oxygen atoms in total. The molecule has 0 bridgehead atoms. The van der Waals surface area contributed by atoms with Crippen molar-refractivity contribution in [3.8, 4) is 11.8 Å². The first-order valence-corrected chi connectivity index (χ1v) is 5.92. The number of carbonyl (C=O) groups excluding carboxylic acids is 1. The lowest BCUT2D eigenvalue weighted by molar-refractivity contribution is -0.121. The van der Waals surface area contributed by atoms with Gasteiger partial charge in [-0.25, -0.2) is 0 Å². The van der Waals surface area contributed by atoms with Crippen LogP contribution in [-0.4, -0.2) is 25.2 Å². The summed E-state index contributed by atoms with van der Waals surface area (Å²) in [4.78, 5) is 11.9. The molecule has 1 aromatic carbocycles. The number of ether oxygens (including phenoxy) is 2. The fourth-order valence-corrected chi connectivity index (χ4v) is 1.46. The van der Waals surface area contributed by atoms with E-state index < -0.39 is 5.60 Å². The summed E-state index contributed by atoms with van der Waals surface area (Å²) in [6.45, 7) is 3.62. The van der Waals surface area contributed by atoms with Crippen LogP contribution in [0.2, 0.25) is 0 Å². The Labute approximate surface area is 113 Å². The molecular formula is C14H18N2O3. The Kier molecular flexibility index (Phi) is 5.34. The summed E-state index contributed by atoms with van der Waals surface area (Å²) in [6.07, 6.45) is 0.232. The first-order chi connectivity index (χ1) is 8.98. The Bertz CT molecular complexity index is 478. The van der Waals surface area contributed by atoms with Crippen molar-refractivity contribution in [2.45, 2.75) is 25.9 Å². The lowest BCUT2D eigenvalue weighted by Crippen LogP contribution is -2.29. The molecule has 1 amide bonds. The quantitative estimate of drug-likeness (QED) is 0.854. The number of nitriles is 1. The third-order valence-corrected chi connectivity index (χ3v) is 2.59. The van der Waals surface area contributed by atoms with E-state index in [-0.39, 0.29) is 18.9 Å². The third kappa shape index (κ3) is 4.98. The van der Waals surface area contributed by atoms with Gasteiger partial charge in [0.1, 0.15) is 11.8 Å². The summed E-state index contributed by atoms with van der Waals surface area (Å²) in [6, 6.07) is 8.89. The maximum Gasteiger partial charge on any atom is 0.227 e. The predicted octanol–water partition coefficient (Wildman–Crippen LogP) is 2.34. The zero-order valence-electron chi connectivity index (χ0n) is 11.4. The van der Waals surface area contributed by atoms with E-state index in [1.807, 2.05) is 19.9 Å². The van der Waals surface area contributed by atoms with Crippen LogP contribution in [0.25, 0.3) is 0 Å². The molecule has 0 aliphatic rings. The van der Waals surface area contributed by atoms with Crippen molar-refractivity contribution in [2.75, 3.05) is 19.0 Å². The molecule has 0 heterocycles. The van der Waals surface area contributed by atoms with Gasteiger partial charge in [0.15, 0.2) is 6.61 Å². The molecule has 0 aliphatic carbocycles. The second-order valence-electron chi connectivity index (χ2n) is 4.63. The maximum absolute atomic E-state index is 11.9. The standard InChI is InChI=1S/C14H18N2O3/c1-14(2,18-3)10-13(17)16-11-6-4-5-7-12(11)19-9-8-15/h4-7H,9-10H2,1-3H3,(H,16,17). The minimum atomic E-state index is -0.521. The molecular weight excluding hydrogens is 244 g/mol. The molecule has 0 saturated heterocycles. The fourth-order valence-electron chi connectivity index (χ4n) is 1.46. The van der Waals surface area contributed by atoms with E-state index >= 15 is 0 Å². The summed E-state index contributed by atoms with van der Waals surface area (Å²) in [7, 11) is 1.57. The maximum atomic E-state index is 11.9. The third-order valence-electron chi connectivity index (χ3n) is 2.59. The summed E-state index contributed by atoms with van der Waals surface area (Å²) in [5.74, 6) is 0.312.